The smallest absolute Gasteiger partial charge is 0.335 e. The summed E-state index contributed by atoms with van der Waals surface area (Å²) in [7, 11) is -3.73. The molecule has 19 heavy (non-hydrogen) atoms. The number of aromatic carboxylic acids is 1. The molecule has 1 saturated heterocycles. The van der Waals surface area contributed by atoms with E-state index in [1.807, 2.05) is 0 Å². The summed E-state index contributed by atoms with van der Waals surface area (Å²) in [6, 6.07) is 2.62. The lowest BCUT2D eigenvalue weighted by molar-refractivity contribution is 0.0547. The van der Waals surface area contributed by atoms with Crippen LogP contribution >= 0.6 is 0 Å². The number of carboxylic acid groups (broad SMARTS) is 1. The van der Waals surface area contributed by atoms with E-state index in [1.54, 1.807) is 13.8 Å². The summed E-state index contributed by atoms with van der Waals surface area (Å²) in [5.74, 6) is -1.16. The Morgan fingerprint density at radius 3 is 2.37 bits per heavy atom. The van der Waals surface area contributed by atoms with Gasteiger partial charge in [-0.1, -0.05) is 0 Å². The predicted octanol–water partition coefficient (Wildman–Crippen LogP) is 0.367. The van der Waals surface area contributed by atoms with E-state index in [0.717, 1.165) is 4.31 Å². The van der Waals surface area contributed by atoms with Crippen LogP contribution in [0.25, 0.3) is 0 Å². The molecule has 1 fully saturated rings. The van der Waals surface area contributed by atoms with Gasteiger partial charge < -0.3 is 10.2 Å². The Labute approximate surface area is 111 Å². The monoisotopic (exact) mass is 285 g/mol. The third-order valence-corrected chi connectivity index (χ3v) is 5.27. The summed E-state index contributed by atoms with van der Waals surface area (Å²) in [6.07, 6.45) is -0.640. The Morgan fingerprint density at radius 1 is 1.32 bits per heavy atom. The minimum Gasteiger partial charge on any atom is -0.478 e. The summed E-state index contributed by atoms with van der Waals surface area (Å²) in [5, 5.41) is 18.2. The number of rotatable bonds is 3. The fraction of sp³-hybridized carbons (Fsp3) is 0.417. The quantitative estimate of drug-likeness (QED) is 0.836. The van der Waals surface area contributed by atoms with Crippen LogP contribution in [0.5, 0.6) is 0 Å². The van der Waals surface area contributed by atoms with Crippen molar-refractivity contribution in [2.24, 2.45) is 0 Å². The Morgan fingerprint density at radius 2 is 1.89 bits per heavy atom. The molecule has 1 heterocycles. The molecule has 104 valence electrons. The van der Waals surface area contributed by atoms with Crippen LogP contribution in [0.3, 0.4) is 0 Å². The maximum Gasteiger partial charge on any atom is 0.335 e. The molecule has 0 unspecified atom stereocenters. The molecule has 0 radical (unpaired) electrons. The second kappa shape index (κ2) is 4.59. The van der Waals surface area contributed by atoms with Gasteiger partial charge in [0.2, 0.25) is 10.0 Å². The number of hydrogen-bond acceptors (Lipinski definition) is 4. The number of aliphatic hydroxyl groups excluding tert-OH is 1. The molecule has 2 rings (SSSR count). The van der Waals surface area contributed by atoms with Crippen LogP contribution in [0.2, 0.25) is 0 Å². The number of benzene rings is 1. The van der Waals surface area contributed by atoms with Gasteiger partial charge >= 0.3 is 5.97 Å². The Bertz CT molecular complexity index is 632. The molecule has 0 aliphatic carbocycles. The molecule has 1 aromatic carbocycles. The Hall–Kier alpha value is -1.44. The van der Waals surface area contributed by atoms with Crippen molar-refractivity contribution in [3.63, 3.8) is 0 Å². The largest absolute Gasteiger partial charge is 0.478 e. The summed E-state index contributed by atoms with van der Waals surface area (Å²) in [5.41, 5.74) is 1.09. The fourth-order valence-corrected chi connectivity index (χ4v) is 3.81. The topological polar surface area (TPSA) is 94.9 Å². The molecule has 0 spiro atoms. The highest BCUT2D eigenvalue weighted by Crippen LogP contribution is 2.27. The van der Waals surface area contributed by atoms with Gasteiger partial charge in [-0.05, 0) is 37.1 Å². The number of sulfonamides is 1. The van der Waals surface area contributed by atoms with Crippen molar-refractivity contribution >= 4 is 16.0 Å². The zero-order valence-corrected chi connectivity index (χ0v) is 11.4. The van der Waals surface area contributed by atoms with Gasteiger partial charge in [-0.15, -0.1) is 0 Å². The average molecular weight is 285 g/mol. The summed E-state index contributed by atoms with van der Waals surface area (Å²) in [6.45, 7) is 3.42. The molecule has 7 heteroatoms. The second-order valence-corrected chi connectivity index (χ2v) is 6.60. The zero-order chi connectivity index (χ0) is 14.4. The summed E-state index contributed by atoms with van der Waals surface area (Å²) < 4.78 is 25.8. The molecule has 1 aromatic rings. The molecular weight excluding hydrogens is 270 g/mol. The van der Waals surface area contributed by atoms with Gasteiger partial charge in [0.25, 0.3) is 0 Å². The highest BCUT2D eigenvalue weighted by atomic mass is 32.2. The van der Waals surface area contributed by atoms with Gasteiger partial charge in [-0.3, -0.25) is 0 Å². The first-order chi connectivity index (χ1) is 8.73. The van der Waals surface area contributed by atoms with E-state index in [-0.39, 0.29) is 23.5 Å². The molecular formula is C12H15NO5S. The predicted molar refractivity (Wildman–Crippen MR) is 67.6 cm³/mol. The van der Waals surface area contributed by atoms with E-state index >= 15 is 0 Å². The van der Waals surface area contributed by atoms with Crippen LogP contribution in [0.4, 0.5) is 0 Å². The van der Waals surface area contributed by atoms with Crippen molar-refractivity contribution in [2.45, 2.75) is 24.8 Å². The molecule has 1 aliphatic heterocycles. The minimum atomic E-state index is -3.73. The van der Waals surface area contributed by atoms with Crippen molar-refractivity contribution < 1.29 is 23.4 Å². The van der Waals surface area contributed by atoms with Crippen molar-refractivity contribution in [3.05, 3.63) is 28.8 Å². The molecule has 0 aromatic heterocycles. The van der Waals surface area contributed by atoms with Gasteiger partial charge in [0.1, 0.15) is 0 Å². The minimum absolute atomic E-state index is 0.00296. The van der Waals surface area contributed by atoms with Gasteiger partial charge in [-0.25, -0.2) is 13.2 Å². The maximum absolute atomic E-state index is 12.3. The first kappa shape index (κ1) is 14.0. The normalized spacial score (nSPS) is 17.2. The van der Waals surface area contributed by atoms with E-state index in [1.165, 1.54) is 12.1 Å². The highest BCUT2D eigenvalue weighted by molar-refractivity contribution is 7.89. The lowest BCUT2D eigenvalue weighted by Gasteiger charge is -2.35. The number of aryl methyl sites for hydroxylation is 1. The number of β-amino-alcohol motifs (C(OH)–C–C–N with tert-alkyl or cyclic N) is 1. The number of nitrogens with zero attached hydrogens (tertiary/aromatic N) is 1. The SMILES string of the molecule is Cc1cc(C(=O)O)cc(S(=O)(=O)N2CC(O)C2)c1C. The number of hydrogen-bond donors (Lipinski definition) is 2. The van der Waals surface area contributed by atoms with Gasteiger partial charge in [0, 0.05) is 13.1 Å². The van der Waals surface area contributed by atoms with Crippen LogP contribution in [0, 0.1) is 13.8 Å². The number of aliphatic hydroxyl groups is 1. The zero-order valence-electron chi connectivity index (χ0n) is 10.6. The lowest BCUT2D eigenvalue weighted by atomic mass is 10.1. The number of carboxylic acids is 1. The third kappa shape index (κ3) is 2.36. The van der Waals surface area contributed by atoms with E-state index in [0.29, 0.717) is 11.1 Å². The molecule has 0 bridgehead atoms. The molecule has 6 nitrogen and oxygen atoms in total. The van der Waals surface area contributed by atoms with Crippen molar-refractivity contribution in [3.8, 4) is 0 Å². The van der Waals surface area contributed by atoms with E-state index < -0.39 is 22.1 Å². The summed E-state index contributed by atoms with van der Waals surface area (Å²) in [4.78, 5) is 11.0. The molecule has 0 atom stereocenters. The van der Waals surface area contributed by atoms with Crippen LogP contribution in [0.1, 0.15) is 21.5 Å². The van der Waals surface area contributed by atoms with Gasteiger partial charge in [0.05, 0.1) is 16.6 Å². The fourth-order valence-electron chi connectivity index (χ4n) is 1.97. The van der Waals surface area contributed by atoms with Crippen molar-refractivity contribution in [1.29, 1.82) is 0 Å². The van der Waals surface area contributed by atoms with Crippen LogP contribution in [0.15, 0.2) is 17.0 Å². The molecule has 0 amide bonds. The van der Waals surface area contributed by atoms with Crippen molar-refractivity contribution in [2.75, 3.05) is 13.1 Å². The first-order valence-electron chi connectivity index (χ1n) is 5.76. The molecule has 2 N–H and O–H groups in total. The van der Waals surface area contributed by atoms with E-state index in [2.05, 4.69) is 0 Å². The lowest BCUT2D eigenvalue weighted by Crippen LogP contribution is -2.53. The van der Waals surface area contributed by atoms with Crippen LogP contribution in [-0.4, -0.2) is 48.1 Å². The van der Waals surface area contributed by atoms with Crippen LogP contribution < -0.4 is 0 Å². The molecule has 0 saturated carbocycles. The maximum atomic E-state index is 12.3. The third-order valence-electron chi connectivity index (χ3n) is 3.31. The standard InChI is InChI=1S/C12H15NO5S/c1-7-3-9(12(15)16)4-11(8(7)2)19(17,18)13-5-10(14)6-13/h3-4,10,14H,5-6H2,1-2H3,(H,15,16). The highest BCUT2D eigenvalue weighted by Gasteiger charge is 2.36. The average Bonchev–Trinajstić information content (AvgIpc) is 2.27. The van der Waals surface area contributed by atoms with Gasteiger partial charge in [0.15, 0.2) is 0 Å². The van der Waals surface area contributed by atoms with Crippen LogP contribution in [-0.2, 0) is 10.0 Å². The first-order valence-corrected chi connectivity index (χ1v) is 7.20. The number of carbonyl (C=O) groups is 1. The Balaban J connectivity index is 2.52. The van der Waals surface area contributed by atoms with Gasteiger partial charge in [-0.2, -0.15) is 4.31 Å². The van der Waals surface area contributed by atoms with Crippen molar-refractivity contribution in [1.82, 2.24) is 4.31 Å². The van der Waals surface area contributed by atoms with E-state index in [4.69, 9.17) is 5.11 Å². The Kier molecular flexibility index (Phi) is 3.38. The molecule has 1 aliphatic rings. The summed E-state index contributed by atoms with van der Waals surface area (Å²) >= 11 is 0. The van der Waals surface area contributed by atoms with E-state index in [9.17, 15) is 18.3 Å². The second-order valence-electron chi connectivity index (χ2n) is 4.70.